The third-order valence-corrected chi connectivity index (χ3v) is 6.88. The molecule has 1 heterocycles. The van der Waals surface area contributed by atoms with Gasteiger partial charge in [-0.15, -0.1) is 0 Å². The number of hydrogen-bond donors (Lipinski definition) is 2. The average molecular weight is 394 g/mol. The molecule has 0 spiro atoms. The summed E-state index contributed by atoms with van der Waals surface area (Å²) in [5.74, 6) is -0.0559. The predicted octanol–water partition coefficient (Wildman–Crippen LogP) is 2.22. The van der Waals surface area contributed by atoms with Crippen LogP contribution in [0.15, 0.2) is 23.1 Å². The number of methoxy groups -OCH3 is 1. The van der Waals surface area contributed by atoms with Crippen LogP contribution in [0.25, 0.3) is 0 Å². The van der Waals surface area contributed by atoms with E-state index in [0.29, 0.717) is 31.5 Å². The van der Waals surface area contributed by atoms with Gasteiger partial charge in [-0.05, 0) is 68.2 Å². The maximum Gasteiger partial charge on any atom is 0.308 e. The molecule has 1 fully saturated rings. The Bertz CT molecular complexity index is 813. The molecule has 3 rings (SSSR count). The molecule has 0 saturated heterocycles. The van der Waals surface area contributed by atoms with Crippen LogP contribution in [-0.4, -0.2) is 33.9 Å². The second-order valence-electron chi connectivity index (χ2n) is 7.31. The highest BCUT2D eigenvalue weighted by atomic mass is 32.2. The van der Waals surface area contributed by atoms with Crippen molar-refractivity contribution in [3.63, 3.8) is 0 Å². The average Bonchev–Trinajstić information content (AvgIpc) is 2.86. The van der Waals surface area contributed by atoms with Gasteiger partial charge in [0.25, 0.3) is 0 Å². The summed E-state index contributed by atoms with van der Waals surface area (Å²) in [6.07, 6.45) is 4.91. The van der Waals surface area contributed by atoms with E-state index < -0.39 is 10.0 Å². The Kier molecular flexibility index (Phi) is 6.16. The smallest absolute Gasteiger partial charge is 0.308 e. The van der Waals surface area contributed by atoms with E-state index in [2.05, 4.69) is 10.0 Å². The first kappa shape index (κ1) is 19.8. The van der Waals surface area contributed by atoms with Crippen molar-refractivity contribution in [2.24, 2.45) is 11.8 Å². The zero-order chi connectivity index (χ0) is 19.4. The van der Waals surface area contributed by atoms with Crippen molar-refractivity contribution in [3.8, 4) is 0 Å². The first-order valence-electron chi connectivity index (χ1n) is 9.39. The lowest BCUT2D eigenvalue weighted by molar-refractivity contribution is -0.146. The largest absolute Gasteiger partial charge is 0.469 e. The molecule has 2 aliphatic rings. The highest BCUT2D eigenvalue weighted by molar-refractivity contribution is 7.89. The van der Waals surface area contributed by atoms with Crippen molar-refractivity contribution in [2.45, 2.75) is 49.8 Å². The van der Waals surface area contributed by atoms with E-state index in [0.717, 1.165) is 31.2 Å². The van der Waals surface area contributed by atoms with E-state index in [9.17, 15) is 18.0 Å². The van der Waals surface area contributed by atoms with Crippen LogP contribution in [0.4, 0.5) is 5.69 Å². The summed E-state index contributed by atoms with van der Waals surface area (Å²) in [4.78, 5) is 23.4. The zero-order valence-electron chi connectivity index (χ0n) is 15.5. The van der Waals surface area contributed by atoms with Crippen LogP contribution in [0.3, 0.4) is 0 Å². The lowest BCUT2D eigenvalue weighted by atomic mass is 9.82. The number of anilines is 1. The number of nitrogens with one attached hydrogen (secondary N) is 2. The van der Waals surface area contributed by atoms with Crippen LogP contribution in [-0.2, 0) is 30.8 Å². The number of hydrogen-bond acceptors (Lipinski definition) is 5. The number of fused-ring (bicyclic) bond motifs is 1. The molecule has 1 amide bonds. The van der Waals surface area contributed by atoms with E-state index in [4.69, 9.17) is 4.74 Å². The fourth-order valence-corrected chi connectivity index (χ4v) is 4.96. The number of rotatable bonds is 5. The van der Waals surface area contributed by atoms with E-state index >= 15 is 0 Å². The van der Waals surface area contributed by atoms with Crippen molar-refractivity contribution >= 4 is 27.6 Å². The van der Waals surface area contributed by atoms with Crippen LogP contribution in [0.2, 0.25) is 0 Å². The molecule has 1 aromatic rings. The van der Waals surface area contributed by atoms with Gasteiger partial charge in [0.2, 0.25) is 15.9 Å². The summed E-state index contributed by atoms with van der Waals surface area (Å²) in [7, 11) is -2.21. The van der Waals surface area contributed by atoms with Gasteiger partial charge in [-0.1, -0.05) is 0 Å². The molecule has 8 heteroatoms. The highest BCUT2D eigenvalue weighted by Crippen LogP contribution is 2.30. The fraction of sp³-hybridized carbons (Fsp3) is 0.579. The molecule has 0 atom stereocenters. The minimum absolute atomic E-state index is 0.0370. The number of esters is 1. The zero-order valence-corrected chi connectivity index (χ0v) is 16.3. The summed E-state index contributed by atoms with van der Waals surface area (Å²) in [6.45, 7) is 0.365. The first-order chi connectivity index (χ1) is 12.9. The topological polar surface area (TPSA) is 102 Å². The van der Waals surface area contributed by atoms with E-state index in [1.54, 1.807) is 12.1 Å². The molecule has 1 aromatic carbocycles. The Hall–Kier alpha value is -1.93. The van der Waals surface area contributed by atoms with Crippen molar-refractivity contribution < 1.29 is 22.7 Å². The van der Waals surface area contributed by atoms with E-state index in [1.807, 2.05) is 0 Å². The van der Waals surface area contributed by atoms with Crippen molar-refractivity contribution in [1.82, 2.24) is 4.72 Å². The summed E-state index contributed by atoms with van der Waals surface area (Å²) in [5, 5.41) is 2.81. The Morgan fingerprint density at radius 3 is 2.67 bits per heavy atom. The summed E-state index contributed by atoms with van der Waals surface area (Å²) >= 11 is 0. The number of amides is 1. The Morgan fingerprint density at radius 2 is 1.96 bits per heavy atom. The van der Waals surface area contributed by atoms with Gasteiger partial charge in [0.1, 0.15) is 0 Å². The Morgan fingerprint density at radius 1 is 1.22 bits per heavy atom. The maximum atomic E-state index is 12.7. The molecule has 0 unspecified atom stereocenters. The maximum absolute atomic E-state index is 12.7. The van der Waals surface area contributed by atoms with Crippen LogP contribution in [0.1, 0.15) is 44.1 Å². The molecule has 27 heavy (non-hydrogen) atoms. The molecule has 0 radical (unpaired) electrons. The molecule has 1 saturated carbocycles. The predicted molar refractivity (Wildman–Crippen MR) is 101 cm³/mol. The number of sulfonamides is 1. The minimum Gasteiger partial charge on any atom is -0.469 e. The number of benzene rings is 1. The molecular formula is C19H26N2O5S. The van der Waals surface area contributed by atoms with Gasteiger partial charge in [-0.3, -0.25) is 9.59 Å². The van der Waals surface area contributed by atoms with E-state index in [1.165, 1.54) is 13.2 Å². The molecule has 0 bridgehead atoms. The number of carbonyl (C=O) groups is 2. The Balaban J connectivity index is 1.60. The van der Waals surface area contributed by atoms with Gasteiger partial charge in [-0.25, -0.2) is 13.1 Å². The number of aryl methyl sites for hydroxylation is 1. The van der Waals surface area contributed by atoms with Crippen LogP contribution in [0, 0.1) is 11.8 Å². The van der Waals surface area contributed by atoms with Crippen LogP contribution < -0.4 is 10.0 Å². The lowest BCUT2D eigenvalue weighted by Gasteiger charge is -2.27. The van der Waals surface area contributed by atoms with E-state index in [-0.39, 0.29) is 28.6 Å². The summed E-state index contributed by atoms with van der Waals surface area (Å²) in [5.41, 5.74) is 1.54. The second-order valence-corrected chi connectivity index (χ2v) is 9.08. The molecule has 1 aliphatic carbocycles. The summed E-state index contributed by atoms with van der Waals surface area (Å²) < 4.78 is 32.8. The molecule has 0 aromatic heterocycles. The SMILES string of the molecule is COC(=O)C1CCC(CNS(=O)(=O)c2ccc3c(c2)CCCC(=O)N3)CC1. The third-order valence-electron chi connectivity index (χ3n) is 5.45. The van der Waals surface area contributed by atoms with Crippen molar-refractivity contribution in [2.75, 3.05) is 19.0 Å². The molecule has 148 valence electrons. The molecule has 7 nitrogen and oxygen atoms in total. The Labute approximate surface area is 159 Å². The number of ether oxygens (including phenoxy) is 1. The molecule has 1 aliphatic heterocycles. The van der Waals surface area contributed by atoms with Gasteiger partial charge in [0, 0.05) is 18.7 Å². The number of carbonyl (C=O) groups excluding carboxylic acids is 2. The second kappa shape index (κ2) is 8.39. The summed E-state index contributed by atoms with van der Waals surface area (Å²) in [6, 6.07) is 4.84. The molecular weight excluding hydrogens is 368 g/mol. The molecule has 2 N–H and O–H groups in total. The third kappa shape index (κ3) is 4.87. The van der Waals surface area contributed by atoms with Gasteiger partial charge in [0.05, 0.1) is 17.9 Å². The van der Waals surface area contributed by atoms with Gasteiger partial charge in [-0.2, -0.15) is 0 Å². The van der Waals surface area contributed by atoms with Crippen molar-refractivity contribution in [1.29, 1.82) is 0 Å². The standard InChI is InChI=1S/C19H26N2O5S/c1-26-19(23)14-7-5-13(6-8-14)12-20-27(24,25)16-9-10-17-15(11-16)3-2-4-18(22)21-17/h9-11,13-14,20H,2-8,12H2,1H3,(H,21,22). The van der Waals surface area contributed by atoms with Crippen LogP contribution >= 0.6 is 0 Å². The van der Waals surface area contributed by atoms with Crippen LogP contribution in [0.5, 0.6) is 0 Å². The lowest BCUT2D eigenvalue weighted by Crippen LogP contribution is -2.32. The quantitative estimate of drug-likeness (QED) is 0.746. The van der Waals surface area contributed by atoms with Gasteiger partial charge in [0.15, 0.2) is 0 Å². The minimum atomic E-state index is -3.61. The normalized spacial score (nSPS) is 23.1. The van der Waals surface area contributed by atoms with Crippen molar-refractivity contribution in [3.05, 3.63) is 23.8 Å². The monoisotopic (exact) mass is 394 g/mol. The first-order valence-corrected chi connectivity index (χ1v) is 10.9. The van der Waals surface area contributed by atoms with Gasteiger partial charge < -0.3 is 10.1 Å². The fourth-order valence-electron chi connectivity index (χ4n) is 3.80. The van der Waals surface area contributed by atoms with Gasteiger partial charge >= 0.3 is 5.97 Å². The highest BCUT2D eigenvalue weighted by Gasteiger charge is 2.28.